The molecule has 1 aromatic carbocycles. The van der Waals surface area contributed by atoms with Gasteiger partial charge in [-0.2, -0.15) is 0 Å². The second kappa shape index (κ2) is 15.4. The monoisotopic (exact) mass is 333 g/mol. The Bertz CT molecular complexity index is 435. The molecule has 140 valence electrons. The summed E-state index contributed by atoms with van der Waals surface area (Å²) in [4.78, 5) is 0. The van der Waals surface area contributed by atoms with Gasteiger partial charge in [0.15, 0.2) is 0 Å². The fraction of sp³-hybridized carbons (Fsp3) is 0.652. The van der Waals surface area contributed by atoms with E-state index < -0.39 is 0 Å². The Hall–Kier alpha value is -1.08. The number of nitrogens with two attached hydrogens (primary N) is 1. The maximum atomic E-state index is 5.82. The first-order valence-electron chi connectivity index (χ1n) is 9.96. The van der Waals surface area contributed by atoms with Crippen molar-refractivity contribution in [3.63, 3.8) is 0 Å². The van der Waals surface area contributed by atoms with Crippen LogP contribution in [0.1, 0.15) is 91.3 Å². The molecular formula is C23H43N. The first kappa shape index (κ1) is 25.2. The Balaban J connectivity index is 0. The van der Waals surface area contributed by atoms with Crippen LogP contribution in [0.15, 0.2) is 23.8 Å². The summed E-state index contributed by atoms with van der Waals surface area (Å²) in [7, 11) is 0. The van der Waals surface area contributed by atoms with E-state index in [2.05, 4.69) is 58.9 Å². The van der Waals surface area contributed by atoms with Crippen molar-refractivity contribution in [2.75, 3.05) is 0 Å². The number of hydrogen-bond donors (Lipinski definition) is 1. The molecule has 0 aliphatic heterocycles. The second-order valence-electron chi connectivity index (χ2n) is 6.42. The molecule has 1 aliphatic carbocycles. The first-order valence-corrected chi connectivity index (χ1v) is 9.96. The van der Waals surface area contributed by atoms with Crippen LogP contribution in [0.25, 0.3) is 6.08 Å². The molecule has 1 nitrogen and oxygen atoms in total. The van der Waals surface area contributed by atoms with E-state index in [-0.39, 0.29) is 0 Å². The van der Waals surface area contributed by atoms with Crippen molar-refractivity contribution in [1.29, 1.82) is 0 Å². The summed E-state index contributed by atoms with van der Waals surface area (Å²) < 4.78 is 0. The predicted molar refractivity (Wildman–Crippen MR) is 114 cm³/mol. The van der Waals surface area contributed by atoms with Crippen LogP contribution in [0.5, 0.6) is 0 Å². The molecule has 1 aromatic rings. The molecule has 24 heavy (non-hydrogen) atoms. The molecule has 0 atom stereocenters. The summed E-state index contributed by atoms with van der Waals surface area (Å²) in [5.41, 5.74) is 11.4. The first-order chi connectivity index (χ1) is 11.5. The third-order valence-electron chi connectivity index (χ3n) is 3.57. The van der Waals surface area contributed by atoms with Crippen LogP contribution in [-0.4, -0.2) is 6.04 Å². The molecular weight excluding hydrogens is 290 g/mol. The average molecular weight is 334 g/mol. The van der Waals surface area contributed by atoms with Gasteiger partial charge in [-0.1, -0.05) is 77.8 Å². The van der Waals surface area contributed by atoms with Crippen LogP contribution in [-0.2, 0) is 6.42 Å². The number of aryl methyl sites for hydroxylation is 1. The van der Waals surface area contributed by atoms with Crippen molar-refractivity contribution >= 4 is 6.08 Å². The summed E-state index contributed by atoms with van der Waals surface area (Å²) >= 11 is 0. The van der Waals surface area contributed by atoms with Gasteiger partial charge in [0, 0.05) is 6.04 Å². The molecule has 1 heteroatoms. The minimum atomic E-state index is 0.464. The molecule has 2 N–H and O–H groups in total. The lowest BCUT2D eigenvalue weighted by molar-refractivity contribution is 0.264. The molecule has 0 heterocycles. The summed E-state index contributed by atoms with van der Waals surface area (Å²) in [6, 6.07) is 7.31. The SMILES string of the molecule is CC.CC.CC(C)=Cc1ccc(CC2CC(N)C2)cc1C.CCC. The lowest BCUT2D eigenvalue weighted by Gasteiger charge is -2.32. The molecule has 0 spiro atoms. The standard InChI is InChI=1S/C16H23N.C3H8.2C2H6/c1-11(2)6-15-5-4-13(7-12(15)3)8-14-9-16(17)10-14;1-3-2;2*1-2/h4-7,14,16H,8-10,17H2,1-3H3;3H2,1-2H3;2*1-2H3. The van der Waals surface area contributed by atoms with Crippen molar-refractivity contribution < 1.29 is 0 Å². The fourth-order valence-electron chi connectivity index (χ4n) is 2.62. The van der Waals surface area contributed by atoms with Crippen molar-refractivity contribution in [3.8, 4) is 0 Å². The lowest BCUT2D eigenvalue weighted by atomic mass is 9.77. The van der Waals surface area contributed by atoms with E-state index in [0.29, 0.717) is 6.04 Å². The normalized spacial score (nSPS) is 17.6. The van der Waals surface area contributed by atoms with Gasteiger partial charge in [0.1, 0.15) is 0 Å². The van der Waals surface area contributed by atoms with E-state index in [4.69, 9.17) is 5.73 Å². The largest absolute Gasteiger partial charge is 0.328 e. The second-order valence-corrected chi connectivity index (χ2v) is 6.42. The smallest absolute Gasteiger partial charge is 0.00443 e. The third-order valence-corrected chi connectivity index (χ3v) is 3.57. The van der Waals surface area contributed by atoms with Gasteiger partial charge >= 0.3 is 0 Å². The highest BCUT2D eigenvalue weighted by atomic mass is 14.7. The highest BCUT2D eigenvalue weighted by Crippen LogP contribution is 2.29. The van der Waals surface area contributed by atoms with E-state index in [1.807, 2.05) is 27.7 Å². The highest BCUT2D eigenvalue weighted by molar-refractivity contribution is 5.56. The van der Waals surface area contributed by atoms with E-state index >= 15 is 0 Å². The van der Waals surface area contributed by atoms with E-state index in [9.17, 15) is 0 Å². The van der Waals surface area contributed by atoms with Gasteiger partial charge in [-0.25, -0.2) is 0 Å². The Morgan fingerprint density at radius 2 is 1.58 bits per heavy atom. The lowest BCUT2D eigenvalue weighted by Crippen LogP contribution is -2.37. The molecule has 1 fully saturated rings. The zero-order chi connectivity index (χ0) is 19.1. The van der Waals surface area contributed by atoms with Gasteiger partial charge in [-0.15, -0.1) is 0 Å². The van der Waals surface area contributed by atoms with Crippen LogP contribution >= 0.6 is 0 Å². The van der Waals surface area contributed by atoms with Crippen LogP contribution in [0.3, 0.4) is 0 Å². The van der Waals surface area contributed by atoms with Gasteiger partial charge in [0.25, 0.3) is 0 Å². The van der Waals surface area contributed by atoms with E-state index in [1.165, 1.54) is 47.9 Å². The van der Waals surface area contributed by atoms with Crippen molar-refractivity contribution in [3.05, 3.63) is 40.5 Å². The Morgan fingerprint density at radius 3 is 1.96 bits per heavy atom. The topological polar surface area (TPSA) is 26.0 Å². The van der Waals surface area contributed by atoms with E-state index in [1.54, 1.807) is 0 Å². The summed E-state index contributed by atoms with van der Waals surface area (Å²) in [5, 5.41) is 0. The minimum Gasteiger partial charge on any atom is -0.328 e. The van der Waals surface area contributed by atoms with Crippen LogP contribution in [0.4, 0.5) is 0 Å². The zero-order valence-corrected chi connectivity index (χ0v) is 17.9. The Kier molecular flexibility index (Phi) is 16.2. The van der Waals surface area contributed by atoms with Crippen molar-refractivity contribution in [2.45, 2.75) is 94.0 Å². The quantitative estimate of drug-likeness (QED) is 0.623. The maximum absolute atomic E-state index is 5.82. The highest BCUT2D eigenvalue weighted by Gasteiger charge is 2.25. The molecule has 0 radical (unpaired) electrons. The number of allylic oxidation sites excluding steroid dienone is 1. The fourth-order valence-corrected chi connectivity index (χ4v) is 2.62. The van der Waals surface area contributed by atoms with E-state index in [0.717, 1.165) is 5.92 Å². The number of hydrogen-bond acceptors (Lipinski definition) is 1. The number of benzene rings is 1. The van der Waals surface area contributed by atoms with Crippen LogP contribution in [0, 0.1) is 12.8 Å². The van der Waals surface area contributed by atoms with Gasteiger partial charge in [0.05, 0.1) is 0 Å². The van der Waals surface area contributed by atoms with Gasteiger partial charge < -0.3 is 5.73 Å². The molecule has 0 aromatic heterocycles. The minimum absolute atomic E-state index is 0.464. The predicted octanol–water partition coefficient (Wildman–Crippen LogP) is 7.17. The summed E-state index contributed by atoms with van der Waals surface area (Å²) in [6.45, 7) is 18.7. The van der Waals surface area contributed by atoms with Crippen molar-refractivity contribution in [1.82, 2.24) is 0 Å². The average Bonchev–Trinajstić information content (AvgIpc) is 2.53. The molecule has 0 amide bonds. The van der Waals surface area contributed by atoms with Crippen LogP contribution in [0.2, 0.25) is 0 Å². The van der Waals surface area contributed by atoms with Gasteiger partial charge in [-0.3, -0.25) is 0 Å². The van der Waals surface area contributed by atoms with Gasteiger partial charge in [0.2, 0.25) is 0 Å². The third kappa shape index (κ3) is 10.6. The number of rotatable bonds is 3. The molecule has 0 bridgehead atoms. The zero-order valence-electron chi connectivity index (χ0n) is 17.9. The maximum Gasteiger partial charge on any atom is 0.00443 e. The molecule has 1 saturated carbocycles. The van der Waals surface area contributed by atoms with Gasteiger partial charge in [-0.05, 0) is 62.6 Å². The molecule has 2 rings (SSSR count). The Morgan fingerprint density at radius 1 is 1.08 bits per heavy atom. The molecule has 0 unspecified atom stereocenters. The summed E-state index contributed by atoms with van der Waals surface area (Å²) in [5.74, 6) is 0.818. The Labute approximate surface area is 152 Å². The molecule has 0 saturated heterocycles. The molecule has 1 aliphatic rings. The summed E-state index contributed by atoms with van der Waals surface area (Å²) in [6.07, 6.45) is 7.10. The van der Waals surface area contributed by atoms with Crippen molar-refractivity contribution in [2.24, 2.45) is 11.7 Å². The van der Waals surface area contributed by atoms with Crippen LogP contribution < -0.4 is 5.73 Å².